The lowest BCUT2D eigenvalue weighted by molar-refractivity contribution is -0.116. The standard InChI is InChI=1S/C20H20FN3O2S/c1-13-5-6-14(2)17(12-13)19-23-24-20(26-19)22-18(25)4-3-11-27-16-9-7-15(21)8-10-16/h5-10,12H,3-4,11H2,1-2H3,(H,22,24,25). The Labute approximate surface area is 161 Å². The third-order valence-electron chi connectivity index (χ3n) is 3.93. The van der Waals surface area contributed by atoms with E-state index < -0.39 is 0 Å². The summed E-state index contributed by atoms with van der Waals surface area (Å²) in [5.74, 6) is 0.721. The molecule has 27 heavy (non-hydrogen) atoms. The van der Waals surface area contributed by atoms with Crippen molar-refractivity contribution in [3.8, 4) is 11.5 Å². The highest BCUT2D eigenvalue weighted by atomic mass is 32.2. The number of nitrogens with one attached hydrogen (secondary N) is 1. The summed E-state index contributed by atoms with van der Waals surface area (Å²) in [6, 6.07) is 12.4. The van der Waals surface area contributed by atoms with E-state index in [9.17, 15) is 9.18 Å². The highest BCUT2D eigenvalue weighted by Crippen LogP contribution is 2.25. The van der Waals surface area contributed by atoms with Gasteiger partial charge in [-0.2, -0.15) is 0 Å². The van der Waals surface area contributed by atoms with Gasteiger partial charge >= 0.3 is 6.01 Å². The molecule has 0 unspecified atom stereocenters. The molecule has 140 valence electrons. The first-order chi connectivity index (χ1) is 13.0. The Morgan fingerprint density at radius 1 is 1.15 bits per heavy atom. The second-order valence-corrected chi connectivity index (χ2v) is 7.35. The first-order valence-corrected chi connectivity index (χ1v) is 9.59. The van der Waals surface area contributed by atoms with Crippen molar-refractivity contribution in [1.29, 1.82) is 0 Å². The van der Waals surface area contributed by atoms with E-state index in [1.807, 2.05) is 32.0 Å². The van der Waals surface area contributed by atoms with Gasteiger partial charge in [0.2, 0.25) is 11.8 Å². The average Bonchev–Trinajstić information content (AvgIpc) is 3.10. The van der Waals surface area contributed by atoms with Crippen molar-refractivity contribution in [2.75, 3.05) is 11.1 Å². The molecule has 7 heteroatoms. The van der Waals surface area contributed by atoms with Gasteiger partial charge in [0.05, 0.1) is 0 Å². The Hall–Kier alpha value is -2.67. The quantitative estimate of drug-likeness (QED) is 0.458. The summed E-state index contributed by atoms with van der Waals surface area (Å²) in [5.41, 5.74) is 2.98. The summed E-state index contributed by atoms with van der Waals surface area (Å²) in [7, 11) is 0. The van der Waals surface area contributed by atoms with Crippen LogP contribution in [0.4, 0.5) is 10.4 Å². The van der Waals surface area contributed by atoms with Gasteiger partial charge in [-0.05, 0) is 61.9 Å². The van der Waals surface area contributed by atoms with E-state index in [0.717, 1.165) is 27.3 Å². The first kappa shape index (κ1) is 19.1. The summed E-state index contributed by atoms with van der Waals surface area (Å²) in [6.07, 6.45) is 1.03. The zero-order valence-electron chi connectivity index (χ0n) is 15.2. The topological polar surface area (TPSA) is 68.0 Å². The summed E-state index contributed by atoms with van der Waals surface area (Å²) < 4.78 is 18.4. The number of carbonyl (C=O) groups excluding carboxylic acids is 1. The molecule has 0 fully saturated rings. The van der Waals surface area contributed by atoms with Crippen molar-refractivity contribution in [2.24, 2.45) is 0 Å². The molecule has 0 saturated heterocycles. The predicted molar refractivity (Wildman–Crippen MR) is 104 cm³/mol. The fraction of sp³-hybridized carbons (Fsp3) is 0.250. The number of rotatable bonds is 7. The van der Waals surface area contributed by atoms with Gasteiger partial charge in [0.25, 0.3) is 0 Å². The zero-order chi connectivity index (χ0) is 19.2. The van der Waals surface area contributed by atoms with Gasteiger partial charge in [-0.3, -0.25) is 10.1 Å². The molecule has 1 aromatic heterocycles. The summed E-state index contributed by atoms with van der Waals surface area (Å²) in [6.45, 7) is 3.96. The molecule has 0 bridgehead atoms. The van der Waals surface area contributed by atoms with E-state index >= 15 is 0 Å². The van der Waals surface area contributed by atoms with Crippen molar-refractivity contribution < 1.29 is 13.6 Å². The van der Waals surface area contributed by atoms with Crippen LogP contribution in [0.25, 0.3) is 11.5 Å². The molecule has 5 nitrogen and oxygen atoms in total. The highest BCUT2D eigenvalue weighted by molar-refractivity contribution is 7.99. The molecule has 1 N–H and O–H groups in total. The minimum absolute atomic E-state index is 0.0992. The molecular weight excluding hydrogens is 365 g/mol. The van der Waals surface area contributed by atoms with Crippen LogP contribution >= 0.6 is 11.8 Å². The molecule has 0 spiro atoms. The van der Waals surface area contributed by atoms with Crippen LogP contribution in [0.5, 0.6) is 0 Å². The van der Waals surface area contributed by atoms with Crippen LogP contribution in [0.1, 0.15) is 24.0 Å². The SMILES string of the molecule is Cc1ccc(C)c(-c2nnc(NC(=O)CCCSc3ccc(F)cc3)o2)c1. The van der Waals surface area contributed by atoms with Crippen molar-refractivity contribution in [3.05, 3.63) is 59.4 Å². The number of carbonyl (C=O) groups is 1. The molecule has 0 aliphatic rings. The highest BCUT2D eigenvalue weighted by Gasteiger charge is 2.13. The maximum absolute atomic E-state index is 12.9. The maximum atomic E-state index is 12.9. The molecule has 0 aliphatic carbocycles. The van der Waals surface area contributed by atoms with Crippen molar-refractivity contribution in [2.45, 2.75) is 31.6 Å². The van der Waals surface area contributed by atoms with E-state index in [-0.39, 0.29) is 17.7 Å². The van der Waals surface area contributed by atoms with Crippen molar-refractivity contribution in [1.82, 2.24) is 10.2 Å². The molecule has 0 atom stereocenters. The lowest BCUT2D eigenvalue weighted by Gasteiger charge is -2.03. The van der Waals surface area contributed by atoms with Crippen molar-refractivity contribution in [3.63, 3.8) is 0 Å². The number of amides is 1. The maximum Gasteiger partial charge on any atom is 0.322 e. The Morgan fingerprint density at radius 2 is 1.93 bits per heavy atom. The Kier molecular flexibility index (Phi) is 6.24. The lowest BCUT2D eigenvalue weighted by Crippen LogP contribution is -2.11. The summed E-state index contributed by atoms with van der Waals surface area (Å²) >= 11 is 1.58. The van der Waals surface area contributed by atoms with Crippen LogP contribution in [0.3, 0.4) is 0 Å². The van der Waals surface area contributed by atoms with Crippen LogP contribution in [0.2, 0.25) is 0 Å². The van der Waals surface area contributed by atoms with E-state index in [1.165, 1.54) is 12.1 Å². The number of aryl methyl sites for hydroxylation is 2. The average molecular weight is 385 g/mol. The van der Waals surface area contributed by atoms with Gasteiger partial charge in [0, 0.05) is 16.9 Å². The van der Waals surface area contributed by atoms with Crippen LogP contribution in [-0.2, 0) is 4.79 Å². The number of benzene rings is 2. The van der Waals surface area contributed by atoms with E-state index in [1.54, 1.807) is 23.9 Å². The van der Waals surface area contributed by atoms with Gasteiger partial charge in [-0.1, -0.05) is 22.8 Å². The Morgan fingerprint density at radius 3 is 2.70 bits per heavy atom. The van der Waals surface area contributed by atoms with Gasteiger partial charge in [0.15, 0.2) is 0 Å². The number of halogens is 1. The van der Waals surface area contributed by atoms with Crippen LogP contribution in [0, 0.1) is 19.7 Å². The van der Waals surface area contributed by atoms with Gasteiger partial charge in [0.1, 0.15) is 5.82 Å². The number of hydrogen-bond acceptors (Lipinski definition) is 5. The van der Waals surface area contributed by atoms with Crippen LogP contribution in [0.15, 0.2) is 51.8 Å². The minimum atomic E-state index is -0.251. The molecule has 0 radical (unpaired) electrons. The fourth-order valence-corrected chi connectivity index (χ4v) is 3.34. The zero-order valence-corrected chi connectivity index (χ0v) is 16.0. The van der Waals surface area contributed by atoms with Gasteiger partial charge in [-0.15, -0.1) is 16.9 Å². The molecule has 0 aliphatic heterocycles. The number of nitrogens with zero attached hydrogens (tertiary/aromatic N) is 2. The molecule has 1 heterocycles. The first-order valence-electron chi connectivity index (χ1n) is 8.60. The third kappa shape index (κ3) is 5.40. The van der Waals surface area contributed by atoms with Crippen LogP contribution in [-0.4, -0.2) is 21.9 Å². The molecule has 3 aromatic rings. The Bertz CT molecular complexity index is 925. The summed E-state index contributed by atoms with van der Waals surface area (Å²) in [4.78, 5) is 13.0. The monoisotopic (exact) mass is 385 g/mol. The van der Waals surface area contributed by atoms with E-state index in [0.29, 0.717) is 18.7 Å². The molecular formula is C20H20FN3O2S. The normalized spacial score (nSPS) is 10.8. The van der Waals surface area contributed by atoms with Gasteiger partial charge < -0.3 is 4.42 Å². The molecule has 1 amide bonds. The largest absolute Gasteiger partial charge is 0.403 e. The molecule has 0 saturated carbocycles. The Balaban J connectivity index is 1.48. The predicted octanol–water partition coefficient (Wildman–Crippen LogP) is 5.00. The molecule has 3 rings (SSSR count). The third-order valence-corrected chi connectivity index (χ3v) is 5.02. The number of aromatic nitrogens is 2. The van der Waals surface area contributed by atoms with Gasteiger partial charge in [-0.25, -0.2) is 4.39 Å². The number of anilines is 1. The van der Waals surface area contributed by atoms with E-state index in [4.69, 9.17) is 4.42 Å². The number of thioether (sulfide) groups is 1. The molecule has 2 aromatic carbocycles. The second-order valence-electron chi connectivity index (χ2n) is 6.18. The smallest absolute Gasteiger partial charge is 0.322 e. The number of hydrogen-bond donors (Lipinski definition) is 1. The summed E-state index contributed by atoms with van der Waals surface area (Å²) in [5, 5.41) is 10.6. The fourth-order valence-electron chi connectivity index (χ4n) is 2.48. The lowest BCUT2D eigenvalue weighted by atomic mass is 10.1. The van der Waals surface area contributed by atoms with Crippen molar-refractivity contribution >= 4 is 23.7 Å². The van der Waals surface area contributed by atoms with Crippen LogP contribution < -0.4 is 5.32 Å². The second kappa shape index (κ2) is 8.81. The minimum Gasteiger partial charge on any atom is -0.403 e. The van der Waals surface area contributed by atoms with E-state index in [2.05, 4.69) is 15.5 Å².